The number of benzene rings is 2. The molecule has 0 radical (unpaired) electrons. The average Bonchev–Trinajstić information content (AvgIpc) is 2.97. The van der Waals surface area contributed by atoms with E-state index in [4.69, 9.17) is 5.73 Å². The fraction of sp³-hybridized carbons (Fsp3) is 0.500. The van der Waals surface area contributed by atoms with E-state index in [-0.39, 0.29) is 30.2 Å². The molecule has 3 saturated carbocycles. The second kappa shape index (κ2) is 11.2. The molecule has 1 amide bonds. The number of carbonyl (C=O) groups is 5. The number of rotatable bonds is 6. The number of phenols is 1. The topological polar surface area (TPSA) is 167 Å². The average molecular weight is 602 g/mol. The summed E-state index contributed by atoms with van der Waals surface area (Å²) in [6.07, 6.45) is 5.35. The normalized spacial score (nSPS) is 33.4. The van der Waals surface area contributed by atoms with E-state index in [0.717, 1.165) is 37.8 Å². The number of amides is 1. The van der Waals surface area contributed by atoms with Gasteiger partial charge in [-0.1, -0.05) is 30.3 Å². The van der Waals surface area contributed by atoms with E-state index in [2.05, 4.69) is 29.6 Å². The number of carbonyl (C=O) groups excluding carboxylic acids is 5. The fourth-order valence-corrected chi connectivity index (χ4v) is 8.42. The summed E-state index contributed by atoms with van der Waals surface area (Å²) in [6, 6.07) is 12.7. The fourth-order valence-electron chi connectivity index (χ4n) is 8.42. The van der Waals surface area contributed by atoms with Crippen molar-refractivity contribution in [2.45, 2.75) is 62.6 Å². The maximum atomic E-state index is 14.0. The van der Waals surface area contributed by atoms with Crippen LogP contribution in [-0.4, -0.2) is 75.9 Å². The lowest BCUT2D eigenvalue weighted by atomic mass is 9.52. The molecule has 3 fully saturated rings. The lowest BCUT2D eigenvalue weighted by Crippen LogP contribution is -2.74. The first-order valence-corrected chi connectivity index (χ1v) is 15.4. The van der Waals surface area contributed by atoms with Gasteiger partial charge in [0.25, 0.3) is 0 Å². The predicted molar refractivity (Wildman–Crippen MR) is 161 cm³/mol. The summed E-state index contributed by atoms with van der Waals surface area (Å²) < 4.78 is 0. The van der Waals surface area contributed by atoms with Gasteiger partial charge in [0, 0.05) is 17.6 Å². The molecule has 0 aliphatic heterocycles. The Kier molecular flexibility index (Phi) is 7.70. The quantitative estimate of drug-likeness (QED) is 0.286. The largest absolute Gasteiger partial charge is 0.507 e. The molecule has 4 aliphatic rings. The van der Waals surface area contributed by atoms with Gasteiger partial charge in [0.2, 0.25) is 5.91 Å². The number of aliphatic hydroxyl groups is 1. The summed E-state index contributed by atoms with van der Waals surface area (Å²) in [5.74, 6) is -9.75. The van der Waals surface area contributed by atoms with Crippen molar-refractivity contribution >= 4 is 34.7 Å². The summed E-state index contributed by atoms with van der Waals surface area (Å²) in [6.45, 7) is 0. The van der Waals surface area contributed by atoms with Crippen LogP contribution >= 0.6 is 0 Å². The van der Waals surface area contributed by atoms with Gasteiger partial charge in [-0.2, -0.15) is 0 Å². The van der Waals surface area contributed by atoms with Crippen LogP contribution in [0.25, 0.3) is 0 Å². The van der Waals surface area contributed by atoms with Crippen LogP contribution in [-0.2, 0) is 32.0 Å². The smallest absolute Gasteiger partial charge is 0.235 e. The Morgan fingerprint density at radius 2 is 1.68 bits per heavy atom. The van der Waals surface area contributed by atoms with Crippen LogP contribution in [0.5, 0.6) is 5.75 Å². The maximum Gasteiger partial charge on any atom is 0.235 e. The van der Waals surface area contributed by atoms with E-state index in [1.807, 2.05) is 6.07 Å². The molecule has 2 aromatic rings. The number of nitrogens with two attached hydrogens (primary N) is 1. The number of Topliss-reactive ketones (excluding diaryl/α,β-unsaturated/α-hetero) is 4. The first-order chi connectivity index (χ1) is 20.9. The minimum Gasteiger partial charge on any atom is -0.507 e. The van der Waals surface area contributed by atoms with E-state index >= 15 is 0 Å². The highest BCUT2D eigenvalue weighted by Crippen LogP contribution is 2.51. The van der Waals surface area contributed by atoms with Crippen LogP contribution in [0.4, 0.5) is 5.69 Å². The lowest BCUT2D eigenvalue weighted by molar-refractivity contribution is -0.181. The standard InChI is InChI=1S/C34H39N3O7/c1-37(2)28-22-16-19-15-21-23(36-20-10-8-18(9-11-20)14-17-6-4-3-5-7-17)12-13-24(38)26(21)29(39)25(19)31(41)34(22,44)32(42)27(30(28)40)33(35)43/h3-7,12-13,18-20,22,25,27-28,36,38,44H,8-11,14-16H2,1-2H3,(H2,35,43). The van der Waals surface area contributed by atoms with E-state index in [0.29, 0.717) is 11.5 Å². The SMILES string of the molecule is CN(C)C1C(=O)C(C(N)=O)C(=O)C2(O)C(=O)C3C(=O)c4c(O)ccc(NC5CCC(Cc6ccccc6)CC5)c4CC3CC12. The van der Waals surface area contributed by atoms with E-state index < -0.39 is 64.4 Å². The number of hydrogen-bond acceptors (Lipinski definition) is 9. The highest BCUT2D eigenvalue weighted by Gasteiger charge is 2.69. The van der Waals surface area contributed by atoms with Crippen molar-refractivity contribution in [3.05, 3.63) is 59.2 Å². The van der Waals surface area contributed by atoms with Crippen LogP contribution in [0, 0.1) is 29.6 Å². The van der Waals surface area contributed by atoms with Crippen molar-refractivity contribution < 1.29 is 34.2 Å². The van der Waals surface area contributed by atoms with Crippen molar-refractivity contribution in [3.8, 4) is 5.75 Å². The van der Waals surface area contributed by atoms with E-state index in [1.165, 1.54) is 16.5 Å². The Bertz CT molecular complexity index is 1530. The van der Waals surface area contributed by atoms with Crippen molar-refractivity contribution in [3.63, 3.8) is 0 Å². The molecule has 10 nitrogen and oxygen atoms in total. The molecule has 0 bridgehead atoms. The number of hydrogen-bond donors (Lipinski definition) is 4. The highest BCUT2D eigenvalue weighted by molar-refractivity contribution is 6.32. The molecule has 44 heavy (non-hydrogen) atoms. The van der Waals surface area contributed by atoms with E-state index in [1.54, 1.807) is 20.2 Å². The molecule has 6 rings (SSSR count). The molecule has 6 atom stereocenters. The first kappa shape index (κ1) is 30.1. The highest BCUT2D eigenvalue weighted by atomic mass is 16.3. The molecule has 0 saturated heterocycles. The maximum absolute atomic E-state index is 14.0. The summed E-state index contributed by atoms with van der Waals surface area (Å²) in [5.41, 5.74) is 5.34. The number of likely N-dealkylation sites (N-methyl/N-ethyl adjacent to an activating group) is 1. The van der Waals surface area contributed by atoms with Gasteiger partial charge in [-0.25, -0.2) is 0 Å². The zero-order chi connectivity index (χ0) is 31.5. The molecule has 4 aliphatic carbocycles. The van der Waals surface area contributed by atoms with Gasteiger partial charge in [-0.15, -0.1) is 0 Å². The molecule has 232 valence electrons. The Balaban J connectivity index is 1.27. The van der Waals surface area contributed by atoms with Crippen LogP contribution < -0.4 is 11.1 Å². The first-order valence-electron chi connectivity index (χ1n) is 15.4. The zero-order valence-corrected chi connectivity index (χ0v) is 25.0. The summed E-state index contributed by atoms with van der Waals surface area (Å²) in [7, 11) is 3.15. The molecule has 2 aromatic carbocycles. The minimum absolute atomic E-state index is 0.0133. The van der Waals surface area contributed by atoms with Gasteiger partial charge in [-0.3, -0.25) is 28.9 Å². The minimum atomic E-state index is -2.72. The molecule has 10 heteroatoms. The molecule has 0 heterocycles. The lowest BCUT2D eigenvalue weighted by Gasteiger charge is -2.52. The predicted octanol–water partition coefficient (Wildman–Crippen LogP) is 2.08. The van der Waals surface area contributed by atoms with Crippen molar-refractivity contribution in [1.82, 2.24) is 4.90 Å². The van der Waals surface area contributed by atoms with Crippen molar-refractivity contribution in [1.29, 1.82) is 0 Å². The summed E-state index contributed by atoms with van der Waals surface area (Å²) >= 11 is 0. The van der Waals surface area contributed by atoms with Crippen LogP contribution in [0.2, 0.25) is 0 Å². The van der Waals surface area contributed by atoms with Crippen LogP contribution in [0.3, 0.4) is 0 Å². The summed E-state index contributed by atoms with van der Waals surface area (Å²) in [4.78, 5) is 68.3. The third kappa shape index (κ3) is 4.75. The third-order valence-corrected chi connectivity index (χ3v) is 10.5. The van der Waals surface area contributed by atoms with Gasteiger partial charge < -0.3 is 21.3 Å². The number of aromatic hydroxyl groups is 1. The van der Waals surface area contributed by atoms with Crippen molar-refractivity contribution in [2.24, 2.45) is 35.3 Å². The second-order valence-electron chi connectivity index (χ2n) is 13.3. The number of fused-ring (bicyclic) bond motifs is 3. The van der Waals surface area contributed by atoms with Gasteiger partial charge in [-0.05, 0) is 94.1 Å². The van der Waals surface area contributed by atoms with Gasteiger partial charge in [0.1, 0.15) is 5.75 Å². The number of nitrogens with one attached hydrogen (secondary N) is 1. The molecule has 5 N–H and O–H groups in total. The monoisotopic (exact) mass is 601 g/mol. The number of ketones is 4. The Morgan fingerprint density at radius 3 is 2.32 bits per heavy atom. The van der Waals surface area contributed by atoms with E-state index in [9.17, 15) is 34.2 Å². The second-order valence-corrected chi connectivity index (χ2v) is 13.3. The van der Waals surface area contributed by atoms with Crippen LogP contribution in [0.15, 0.2) is 42.5 Å². The molecular formula is C34H39N3O7. The molecule has 0 aromatic heterocycles. The van der Waals surface area contributed by atoms with Crippen molar-refractivity contribution in [2.75, 3.05) is 19.4 Å². The van der Waals surface area contributed by atoms with Gasteiger partial charge in [0.15, 0.2) is 34.7 Å². The van der Waals surface area contributed by atoms with Crippen LogP contribution in [0.1, 0.15) is 53.6 Å². The number of nitrogens with zero attached hydrogens (tertiary/aromatic N) is 1. The Hall–Kier alpha value is -3.89. The molecule has 0 spiro atoms. The summed E-state index contributed by atoms with van der Waals surface area (Å²) in [5, 5.41) is 26.2. The molecule has 6 unspecified atom stereocenters. The third-order valence-electron chi connectivity index (χ3n) is 10.5. The zero-order valence-electron chi connectivity index (χ0n) is 25.0. The van der Waals surface area contributed by atoms with Gasteiger partial charge >= 0.3 is 0 Å². The molecular weight excluding hydrogens is 562 g/mol. The number of phenolic OH excluding ortho intramolecular Hbond substituents is 1. The number of primary amides is 1. The number of anilines is 1. The Labute approximate surface area is 256 Å². The van der Waals surface area contributed by atoms with Gasteiger partial charge in [0.05, 0.1) is 17.5 Å². The Morgan fingerprint density at radius 1 is 1.00 bits per heavy atom.